The molecule has 4 nitrogen and oxygen atoms in total. The molecule has 0 radical (unpaired) electrons. The fraction of sp³-hybridized carbons (Fsp3) is 0.368. The van der Waals surface area contributed by atoms with Crippen LogP contribution in [0.1, 0.15) is 26.3 Å². The van der Waals surface area contributed by atoms with Crippen LogP contribution in [0.4, 0.5) is 11.4 Å². The van der Waals surface area contributed by atoms with E-state index in [0.29, 0.717) is 0 Å². The Bertz CT molecular complexity index is 630. The summed E-state index contributed by atoms with van der Waals surface area (Å²) in [5, 5.41) is 2.94. The van der Waals surface area contributed by atoms with Crippen molar-refractivity contribution in [3.8, 4) is 0 Å². The molecule has 0 saturated heterocycles. The molecule has 1 heterocycles. The SMILES string of the molecule is CN(CCc1ccncc1)c1ccc(NC(=O)C(C)(C)C)cc1. The lowest BCUT2D eigenvalue weighted by Crippen LogP contribution is -2.27. The molecule has 1 aromatic carbocycles. The van der Waals surface area contributed by atoms with Gasteiger partial charge in [0.15, 0.2) is 0 Å². The Morgan fingerprint density at radius 3 is 2.26 bits per heavy atom. The molecule has 0 aliphatic rings. The summed E-state index contributed by atoms with van der Waals surface area (Å²) in [4.78, 5) is 18.2. The highest BCUT2D eigenvalue weighted by Crippen LogP contribution is 2.20. The summed E-state index contributed by atoms with van der Waals surface area (Å²) in [5.41, 5.74) is 2.85. The number of hydrogen-bond donors (Lipinski definition) is 1. The van der Waals surface area contributed by atoms with Gasteiger partial charge in [0.05, 0.1) is 0 Å². The van der Waals surface area contributed by atoms with Crippen molar-refractivity contribution >= 4 is 17.3 Å². The van der Waals surface area contributed by atoms with Crippen molar-refractivity contribution in [1.82, 2.24) is 4.98 Å². The Hall–Kier alpha value is -2.36. The van der Waals surface area contributed by atoms with Crippen LogP contribution in [0, 0.1) is 5.41 Å². The molecular formula is C19H25N3O. The Balaban J connectivity index is 1.92. The second-order valence-corrected chi connectivity index (χ2v) is 6.78. The van der Waals surface area contributed by atoms with E-state index in [-0.39, 0.29) is 11.3 Å². The van der Waals surface area contributed by atoms with E-state index >= 15 is 0 Å². The molecule has 0 aliphatic carbocycles. The minimum Gasteiger partial charge on any atom is -0.374 e. The van der Waals surface area contributed by atoms with Crippen molar-refractivity contribution in [3.63, 3.8) is 0 Å². The molecule has 4 heteroatoms. The van der Waals surface area contributed by atoms with E-state index in [1.807, 2.05) is 69.6 Å². The summed E-state index contributed by atoms with van der Waals surface area (Å²) >= 11 is 0. The maximum absolute atomic E-state index is 12.0. The molecular weight excluding hydrogens is 286 g/mol. The number of nitrogens with zero attached hydrogens (tertiary/aromatic N) is 2. The lowest BCUT2D eigenvalue weighted by Gasteiger charge is -2.21. The van der Waals surface area contributed by atoms with Crippen LogP contribution >= 0.6 is 0 Å². The first-order chi connectivity index (χ1) is 10.9. The highest BCUT2D eigenvalue weighted by molar-refractivity contribution is 5.94. The molecule has 0 spiro atoms. The summed E-state index contributed by atoms with van der Waals surface area (Å²) in [5.74, 6) is 0.0243. The fourth-order valence-corrected chi connectivity index (χ4v) is 2.09. The smallest absolute Gasteiger partial charge is 0.229 e. The van der Waals surface area contributed by atoms with Gasteiger partial charge in [-0.1, -0.05) is 20.8 Å². The maximum Gasteiger partial charge on any atom is 0.229 e. The van der Waals surface area contributed by atoms with E-state index in [1.54, 1.807) is 0 Å². The third-order valence-corrected chi connectivity index (χ3v) is 3.73. The number of anilines is 2. The van der Waals surface area contributed by atoms with E-state index in [2.05, 4.69) is 22.2 Å². The first kappa shape index (κ1) is 17.0. The van der Waals surface area contributed by atoms with Crippen LogP contribution in [0.2, 0.25) is 0 Å². The van der Waals surface area contributed by atoms with Crippen LogP contribution in [0.5, 0.6) is 0 Å². The summed E-state index contributed by atoms with van der Waals surface area (Å²) < 4.78 is 0. The fourth-order valence-electron chi connectivity index (χ4n) is 2.09. The van der Waals surface area contributed by atoms with Crippen LogP contribution < -0.4 is 10.2 Å². The number of rotatable bonds is 5. The van der Waals surface area contributed by atoms with Crippen LogP contribution in [0.3, 0.4) is 0 Å². The van der Waals surface area contributed by atoms with Crippen molar-refractivity contribution in [2.45, 2.75) is 27.2 Å². The minimum atomic E-state index is -0.389. The van der Waals surface area contributed by atoms with Gasteiger partial charge in [0.25, 0.3) is 0 Å². The summed E-state index contributed by atoms with van der Waals surface area (Å²) in [6.45, 7) is 6.65. The van der Waals surface area contributed by atoms with Crippen molar-refractivity contribution in [2.24, 2.45) is 5.41 Å². The van der Waals surface area contributed by atoms with Gasteiger partial charge in [-0.15, -0.1) is 0 Å². The zero-order valence-electron chi connectivity index (χ0n) is 14.3. The van der Waals surface area contributed by atoms with Crippen LogP contribution in [0.15, 0.2) is 48.8 Å². The van der Waals surface area contributed by atoms with Gasteiger partial charge < -0.3 is 10.2 Å². The average Bonchev–Trinajstić information content (AvgIpc) is 2.53. The number of carbonyl (C=O) groups excluding carboxylic acids is 1. The third kappa shape index (κ3) is 5.09. The molecule has 1 amide bonds. The number of amides is 1. The monoisotopic (exact) mass is 311 g/mol. The first-order valence-corrected chi connectivity index (χ1v) is 7.88. The van der Waals surface area contributed by atoms with E-state index < -0.39 is 0 Å². The second kappa shape index (κ2) is 7.27. The lowest BCUT2D eigenvalue weighted by molar-refractivity contribution is -0.123. The van der Waals surface area contributed by atoms with E-state index in [1.165, 1.54) is 5.56 Å². The van der Waals surface area contributed by atoms with Crippen molar-refractivity contribution in [2.75, 3.05) is 23.8 Å². The quantitative estimate of drug-likeness (QED) is 0.915. The molecule has 0 saturated carbocycles. The predicted molar refractivity (Wildman–Crippen MR) is 95.7 cm³/mol. The molecule has 122 valence electrons. The summed E-state index contributed by atoms with van der Waals surface area (Å²) in [7, 11) is 2.07. The Labute approximate surface area is 138 Å². The van der Waals surface area contributed by atoms with E-state index in [4.69, 9.17) is 0 Å². The molecule has 23 heavy (non-hydrogen) atoms. The van der Waals surface area contributed by atoms with Gasteiger partial charge in [0.2, 0.25) is 5.91 Å². The Morgan fingerprint density at radius 1 is 1.09 bits per heavy atom. The largest absolute Gasteiger partial charge is 0.374 e. The van der Waals surface area contributed by atoms with Gasteiger partial charge in [-0.05, 0) is 48.4 Å². The summed E-state index contributed by atoms with van der Waals surface area (Å²) in [6, 6.07) is 12.0. The normalized spacial score (nSPS) is 11.1. The van der Waals surface area contributed by atoms with Crippen LogP contribution in [-0.2, 0) is 11.2 Å². The van der Waals surface area contributed by atoms with Gasteiger partial charge in [-0.3, -0.25) is 9.78 Å². The lowest BCUT2D eigenvalue weighted by atomic mass is 9.95. The zero-order valence-corrected chi connectivity index (χ0v) is 14.3. The van der Waals surface area contributed by atoms with E-state index in [0.717, 1.165) is 24.3 Å². The topological polar surface area (TPSA) is 45.2 Å². The van der Waals surface area contributed by atoms with Gasteiger partial charge >= 0.3 is 0 Å². The third-order valence-electron chi connectivity index (χ3n) is 3.73. The van der Waals surface area contributed by atoms with Crippen molar-refractivity contribution in [1.29, 1.82) is 0 Å². The number of likely N-dealkylation sites (N-methyl/N-ethyl adjacent to an activating group) is 1. The number of hydrogen-bond acceptors (Lipinski definition) is 3. The number of benzene rings is 1. The van der Waals surface area contributed by atoms with Gasteiger partial charge in [-0.25, -0.2) is 0 Å². The number of nitrogens with one attached hydrogen (secondary N) is 1. The number of carbonyl (C=O) groups is 1. The summed E-state index contributed by atoms with van der Waals surface area (Å²) in [6.07, 6.45) is 4.62. The van der Waals surface area contributed by atoms with Crippen molar-refractivity contribution < 1.29 is 4.79 Å². The molecule has 0 atom stereocenters. The zero-order chi connectivity index (χ0) is 16.9. The standard InChI is InChI=1S/C19H25N3O/c1-19(2,3)18(23)21-16-5-7-17(8-6-16)22(4)14-11-15-9-12-20-13-10-15/h5-10,12-13H,11,14H2,1-4H3,(H,21,23). The predicted octanol–water partition coefficient (Wildman–Crippen LogP) is 3.75. The Morgan fingerprint density at radius 2 is 1.70 bits per heavy atom. The maximum atomic E-state index is 12.0. The second-order valence-electron chi connectivity index (χ2n) is 6.78. The average molecular weight is 311 g/mol. The Kier molecular flexibility index (Phi) is 5.37. The first-order valence-electron chi connectivity index (χ1n) is 7.88. The molecule has 0 aliphatic heterocycles. The molecule has 1 aromatic heterocycles. The van der Waals surface area contributed by atoms with Crippen molar-refractivity contribution in [3.05, 3.63) is 54.4 Å². The van der Waals surface area contributed by atoms with Gasteiger partial charge in [-0.2, -0.15) is 0 Å². The molecule has 2 rings (SSSR count). The van der Waals surface area contributed by atoms with Crippen LogP contribution in [0.25, 0.3) is 0 Å². The highest BCUT2D eigenvalue weighted by Gasteiger charge is 2.21. The highest BCUT2D eigenvalue weighted by atomic mass is 16.2. The van der Waals surface area contributed by atoms with Gasteiger partial charge in [0, 0.05) is 42.8 Å². The minimum absolute atomic E-state index is 0.0243. The molecule has 0 fully saturated rings. The molecule has 0 unspecified atom stereocenters. The number of pyridine rings is 1. The van der Waals surface area contributed by atoms with Crippen LogP contribution in [-0.4, -0.2) is 24.5 Å². The molecule has 1 N–H and O–H groups in total. The molecule has 0 bridgehead atoms. The molecule has 2 aromatic rings. The number of aromatic nitrogens is 1. The van der Waals surface area contributed by atoms with E-state index in [9.17, 15) is 4.79 Å². The van der Waals surface area contributed by atoms with Gasteiger partial charge in [0.1, 0.15) is 0 Å².